The second kappa shape index (κ2) is 6.68. The molecule has 2 aromatic carbocycles. The molecule has 0 saturated heterocycles. The number of aryl methyl sites for hydroxylation is 1. The van der Waals surface area contributed by atoms with Crippen molar-refractivity contribution < 1.29 is 13.2 Å². The number of hydrogen-bond donors (Lipinski definition) is 1. The van der Waals surface area contributed by atoms with Gasteiger partial charge in [-0.3, -0.25) is 4.79 Å². The van der Waals surface area contributed by atoms with Crippen LogP contribution in [-0.2, 0) is 27.6 Å². The van der Waals surface area contributed by atoms with E-state index in [9.17, 15) is 13.2 Å². The molecule has 1 N–H and O–H groups in total. The number of nitrogens with one attached hydrogen (secondary N) is 1. The van der Waals surface area contributed by atoms with Crippen molar-refractivity contribution in [3.8, 4) is 0 Å². The van der Waals surface area contributed by atoms with Crippen molar-refractivity contribution in [3.05, 3.63) is 54.4 Å². The maximum absolute atomic E-state index is 12.4. The molecule has 0 aliphatic heterocycles. The molecule has 0 saturated carbocycles. The largest absolute Gasteiger partial charge is 0.324 e. The summed E-state index contributed by atoms with van der Waals surface area (Å²) in [7, 11) is -3.32. The first kappa shape index (κ1) is 17.2. The number of anilines is 1. The van der Waals surface area contributed by atoms with Crippen LogP contribution in [0.4, 0.5) is 5.69 Å². The van der Waals surface area contributed by atoms with Gasteiger partial charge >= 0.3 is 0 Å². The standard InChI is InChI=1S/C18H19N3O3S/c1-3-17-20-15-9-4-5-10-16(15)21(17)12-18(22)19-13-7-6-8-14(11-13)25(2,23)24/h4-11H,3,12H2,1-2H3,(H,19,22). The van der Waals surface area contributed by atoms with Crippen molar-refractivity contribution in [2.24, 2.45) is 0 Å². The van der Waals surface area contributed by atoms with Gasteiger partial charge in [-0.1, -0.05) is 25.1 Å². The molecule has 0 radical (unpaired) electrons. The predicted octanol–water partition coefficient (Wildman–Crippen LogP) is 2.64. The molecule has 130 valence electrons. The van der Waals surface area contributed by atoms with Crippen LogP contribution in [0.3, 0.4) is 0 Å². The Balaban J connectivity index is 1.84. The summed E-state index contributed by atoms with van der Waals surface area (Å²) in [6.07, 6.45) is 1.85. The first-order valence-electron chi connectivity index (χ1n) is 7.92. The zero-order valence-electron chi connectivity index (χ0n) is 14.1. The molecule has 7 heteroatoms. The number of amides is 1. The van der Waals surface area contributed by atoms with Crippen LogP contribution >= 0.6 is 0 Å². The van der Waals surface area contributed by atoms with Gasteiger partial charge in [0.05, 0.1) is 15.9 Å². The van der Waals surface area contributed by atoms with E-state index in [1.54, 1.807) is 12.1 Å². The fraction of sp³-hybridized carbons (Fsp3) is 0.222. The van der Waals surface area contributed by atoms with Crippen molar-refractivity contribution >= 4 is 32.5 Å². The second-order valence-electron chi connectivity index (χ2n) is 5.80. The van der Waals surface area contributed by atoms with Crippen LogP contribution < -0.4 is 5.32 Å². The Kier molecular flexibility index (Phi) is 4.59. The quantitative estimate of drug-likeness (QED) is 0.761. The van der Waals surface area contributed by atoms with Crippen LogP contribution in [0.1, 0.15) is 12.7 Å². The summed E-state index contributed by atoms with van der Waals surface area (Å²) in [5, 5.41) is 2.76. The lowest BCUT2D eigenvalue weighted by Crippen LogP contribution is -2.20. The highest BCUT2D eigenvalue weighted by molar-refractivity contribution is 7.90. The molecule has 1 heterocycles. The zero-order chi connectivity index (χ0) is 18.0. The van der Waals surface area contributed by atoms with E-state index in [4.69, 9.17) is 0 Å². The number of hydrogen-bond acceptors (Lipinski definition) is 4. The fourth-order valence-electron chi connectivity index (χ4n) is 2.72. The maximum atomic E-state index is 12.4. The monoisotopic (exact) mass is 357 g/mol. The van der Waals surface area contributed by atoms with Gasteiger partial charge in [-0.25, -0.2) is 13.4 Å². The average Bonchev–Trinajstić information content (AvgIpc) is 2.92. The molecule has 3 aromatic rings. The lowest BCUT2D eigenvalue weighted by molar-refractivity contribution is -0.116. The van der Waals surface area contributed by atoms with E-state index in [2.05, 4.69) is 10.3 Å². The minimum atomic E-state index is -3.32. The van der Waals surface area contributed by atoms with E-state index in [0.29, 0.717) is 12.1 Å². The Morgan fingerprint density at radius 2 is 1.92 bits per heavy atom. The molecule has 1 amide bonds. The van der Waals surface area contributed by atoms with Crippen LogP contribution in [0, 0.1) is 0 Å². The van der Waals surface area contributed by atoms with Gasteiger partial charge in [0.25, 0.3) is 0 Å². The molecule has 0 unspecified atom stereocenters. The van der Waals surface area contributed by atoms with Gasteiger partial charge in [0.15, 0.2) is 9.84 Å². The van der Waals surface area contributed by atoms with Gasteiger partial charge in [0, 0.05) is 18.4 Å². The number of benzene rings is 2. The molecule has 0 fully saturated rings. The normalized spacial score (nSPS) is 11.6. The summed E-state index contributed by atoms with van der Waals surface area (Å²) in [6, 6.07) is 13.9. The number of nitrogens with zero attached hydrogens (tertiary/aromatic N) is 2. The minimum absolute atomic E-state index is 0.118. The van der Waals surface area contributed by atoms with Gasteiger partial charge in [-0.2, -0.15) is 0 Å². The lowest BCUT2D eigenvalue weighted by atomic mass is 10.3. The highest BCUT2D eigenvalue weighted by atomic mass is 32.2. The summed E-state index contributed by atoms with van der Waals surface area (Å²) in [5.74, 6) is 0.602. The smallest absolute Gasteiger partial charge is 0.244 e. The zero-order valence-corrected chi connectivity index (χ0v) is 14.9. The number of para-hydroxylation sites is 2. The summed E-state index contributed by atoms with van der Waals surface area (Å²) in [5.41, 5.74) is 2.21. The van der Waals surface area contributed by atoms with E-state index in [1.807, 2.05) is 35.8 Å². The number of imidazole rings is 1. The molecule has 3 rings (SSSR count). The third kappa shape index (κ3) is 3.71. The van der Waals surface area contributed by atoms with Gasteiger partial charge in [0.2, 0.25) is 5.91 Å². The fourth-order valence-corrected chi connectivity index (χ4v) is 3.39. The van der Waals surface area contributed by atoms with Crippen molar-refractivity contribution in [3.63, 3.8) is 0 Å². The molecule has 1 aromatic heterocycles. The summed E-state index contributed by atoms with van der Waals surface area (Å²) in [6.45, 7) is 2.11. The number of sulfone groups is 1. The van der Waals surface area contributed by atoms with E-state index >= 15 is 0 Å². The van der Waals surface area contributed by atoms with Crippen molar-refractivity contribution in [2.75, 3.05) is 11.6 Å². The first-order valence-corrected chi connectivity index (χ1v) is 9.81. The molecule has 0 spiro atoms. The summed E-state index contributed by atoms with van der Waals surface area (Å²) < 4.78 is 25.1. The highest BCUT2D eigenvalue weighted by Crippen LogP contribution is 2.18. The minimum Gasteiger partial charge on any atom is -0.324 e. The van der Waals surface area contributed by atoms with Crippen LogP contribution in [0.25, 0.3) is 11.0 Å². The third-order valence-corrected chi connectivity index (χ3v) is 5.01. The number of rotatable bonds is 5. The van der Waals surface area contributed by atoms with Gasteiger partial charge < -0.3 is 9.88 Å². The molecule has 6 nitrogen and oxygen atoms in total. The summed E-state index contributed by atoms with van der Waals surface area (Å²) in [4.78, 5) is 17.2. The number of carbonyl (C=O) groups is 1. The predicted molar refractivity (Wildman–Crippen MR) is 97.3 cm³/mol. The maximum Gasteiger partial charge on any atom is 0.244 e. The van der Waals surface area contributed by atoms with E-state index < -0.39 is 9.84 Å². The Hall–Kier alpha value is -2.67. The summed E-state index contributed by atoms with van der Waals surface area (Å²) >= 11 is 0. The topological polar surface area (TPSA) is 81.1 Å². The Morgan fingerprint density at radius 3 is 2.64 bits per heavy atom. The molecule has 0 aliphatic rings. The molecular formula is C18H19N3O3S. The number of fused-ring (bicyclic) bond motifs is 1. The highest BCUT2D eigenvalue weighted by Gasteiger charge is 2.13. The molecular weight excluding hydrogens is 338 g/mol. The van der Waals surface area contributed by atoms with Crippen LogP contribution in [-0.4, -0.2) is 30.1 Å². The van der Waals surface area contributed by atoms with Crippen molar-refractivity contribution in [1.29, 1.82) is 0 Å². The van der Waals surface area contributed by atoms with Gasteiger partial charge in [-0.15, -0.1) is 0 Å². The molecule has 0 atom stereocenters. The molecule has 0 bridgehead atoms. The van der Waals surface area contributed by atoms with Crippen LogP contribution in [0.2, 0.25) is 0 Å². The lowest BCUT2D eigenvalue weighted by Gasteiger charge is -2.10. The number of aromatic nitrogens is 2. The van der Waals surface area contributed by atoms with Crippen LogP contribution in [0.15, 0.2) is 53.4 Å². The Labute approximate surface area is 146 Å². The first-order chi connectivity index (χ1) is 11.9. The SMILES string of the molecule is CCc1nc2ccccc2n1CC(=O)Nc1cccc(S(C)(=O)=O)c1. The molecule has 0 aliphatic carbocycles. The van der Waals surface area contributed by atoms with Gasteiger partial charge in [-0.05, 0) is 30.3 Å². The third-order valence-electron chi connectivity index (χ3n) is 3.90. The second-order valence-corrected chi connectivity index (χ2v) is 7.82. The van der Waals surface area contributed by atoms with Crippen molar-refractivity contribution in [2.45, 2.75) is 24.8 Å². The Bertz CT molecular complexity index is 1040. The van der Waals surface area contributed by atoms with Gasteiger partial charge in [0.1, 0.15) is 12.4 Å². The average molecular weight is 357 g/mol. The Morgan fingerprint density at radius 1 is 1.16 bits per heavy atom. The number of carbonyl (C=O) groups excluding carboxylic acids is 1. The van der Waals surface area contributed by atoms with Crippen LogP contribution in [0.5, 0.6) is 0 Å². The van der Waals surface area contributed by atoms with E-state index in [1.165, 1.54) is 12.1 Å². The van der Waals surface area contributed by atoms with E-state index in [0.717, 1.165) is 23.1 Å². The van der Waals surface area contributed by atoms with Crippen molar-refractivity contribution in [1.82, 2.24) is 9.55 Å². The molecule has 25 heavy (non-hydrogen) atoms. The van der Waals surface area contributed by atoms with E-state index in [-0.39, 0.29) is 17.3 Å².